The van der Waals surface area contributed by atoms with E-state index in [1.165, 1.54) is 30.1 Å². The third-order valence-corrected chi connectivity index (χ3v) is 11.6. The Bertz CT molecular complexity index is 506. The van der Waals surface area contributed by atoms with Crippen molar-refractivity contribution in [1.82, 2.24) is 0 Å². The number of rotatable bonds is 7. The molecule has 0 aliphatic rings. The van der Waals surface area contributed by atoms with E-state index in [1.807, 2.05) is 0 Å². The van der Waals surface area contributed by atoms with Gasteiger partial charge in [-0.2, -0.15) is 0 Å². The quantitative estimate of drug-likeness (QED) is 0.545. The molecule has 0 spiro atoms. The Labute approximate surface area is 131 Å². The van der Waals surface area contributed by atoms with E-state index in [4.69, 9.17) is 0 Å². The van der Waals surface area contributed by atoms with Gasteiger partial charge in [0.25, 0.3) is 0 Å². The van der Waals surface area contributed by atoms with Gasteiger partial charge in [0.1, 0.15) is 0 Å². The molecule has 0 N–H and O–H groups in total. The Morgan fingerprint density at radius 2 is 1.19 bits per heavy atom. The Balaban J connectivity index is 2.39. The number of hydrogen-bond donors (Lipinski definition) is 0. The van der Waals surface area contributed by atoms with E-state index in [0.29, 0.717) is 0 Å². The highest BCUT2D eigenvalue weighted by molar-refractivity contribution is 6.81. The minimum Gasteiger partial charge on any atom is -0.0677 e. The summed E-state index contributed by atoms with van der Waals surface area (Å²) in [5, 5.41) is 0. The molecule has 0 aliphatic heterocycles. The molecule has 0 fully saturated rings. The predicted molar refractivity (Wildman–Crippen MR) is 96.5 cm³/mol. The second kappa shape index (κ2) is 7.60. The number of hydrogen-bond acceptors (Lipinski definition) is 0. The summed E-state index contributed by atoms with van der Waals surface area (Å²) in [7, 11) is -1.27. The summed E-state index contributed by atoms with van der Waals surface area (Å²) in [4.78, 5) is 0. The van der Waals surface area contributed by atoms with Crippen molar-refractivity contribution >= 4 is 8.07 Å². The predicted octanol–water partition coefficient (Wildman–Crippen LogP) is 6.06. The van der Waals surface area contributed by atoms with Crippen LogP contribution in [0.5, 0.6) is 0 Å². The van der Waals surface area contributed by atoms with Crippen molar-refractivity contribution in [2.24, 2.45) is 0 Å². The molecule has 2 aromatic rings. The van der Waals surface area contributed by atoms with Crippen LogP contribution in [0.25, 0.3) is 0 Å². The Morgan fingerprint density at radius 3 is 1.67 bits per heavy atom. The van der Waals surface area contributed by atoms with Crippen LogP contribution < -0.4 is 0 Å². The maximum Gasteiger partial charge on any atom is 0.0609 e. The highest BCUT2D eigenvalue weighted by atomic mass is 28.3. The van der Waals surface area contributed by atoms with Gasteiger partial charge in [-0.15, -0.1) is 0 Å². The molecule has 21 heavy (non-hydrogen) atoms. The molecular formula is C20H28Si. The first-order chi connectivity index (χ1) is 10.3. The molecule has 0 saturated heterocycles. The summed E-state index contributed by atoms with van der Waals surface area (Å²) in [5.74, 6) is 0. The van der Waals surface area contributed by atoms with Crippen LogP contribution in [0.3, 0.4) is 0 Å². The average Bonchev–Trinajstić information content (AvgIpc) is 2.57. The summed E-state index contributed by atoms with van der Waals surface area (Å²) < 4.78 is 0. The summed E-state index contributed by atoms with van der Waals surface area (Å²) >= 11 is 0. The fraction of sp³-hybridized carbons (Fsp3) is 0.400. The van der Waals surface area contributed by atoms with Gasteiger partial charge >= 0.3 is 0 Å². The minimum atomic E-state index is -1.27. The fourth-order valence-corrected chi connectivity index (χ4v) is 8.26. The first-order valence-corrected chi connectivity index (χ1v) is 11.0. The molecule has 0 heterocycles. The molecule has 0 amide bonds. The van der Waals surface area contributed by atoms with Crippen molar-refractivity contribution in [3.8, 4) is 0 Å². The van der Waals surface area contributed by atoms with Gasteiger partial charge in [-0.25, -0.2) is 0 Å². The molecule has 0 saturated carbocycles. The van der Waals surface area contributed by atoms with Crippen LogP contribution in [0, 0.1) is 0 Å². The fourth-order valence-electron chi connectivity index (χ4n) is 3.71. The van der Waals surface area contributed by atoms with Crippen LogP contribution >= 0.6 is 0 Å². The zero-order valence-electron chi connectivity index (χ0n) is 13.7. The highest BCUT2D eigenvalue weighted by Gasteiger charge is 2.37. The molecule has 1 unspecified atom stereocenters. The summed E-state index contributed by atoms with van der Waals surface area (Å²) in [6, 6.07) is 26.4. The first kappa shape index (κ1) is 16.0. The first-order valence-electron chi connectivity index (χ1n) is 8.34. The molecule has 0 nitrogen and oxygen atoms in total. The van der Waals surface area contributed by atoms with E-state index < -0.39 is 8.07 Å². The molecular weight excluding hydrogens is 268 g/mol. The molecule has 1 atom stereocenters. The zero-order chi connectivity index (χ0) is 15.1. The lowest BCUT2D eigenvalue weighted by Gasteiger charge is -2.38. The smallest absolute Gasteiger partial charge is 0.0609 e. The lowest BCUT2D eigenvalue weighted by molar-refractivity contribution is 0.840. The van der Waals surface area contributed by atoms with Crippen molar-refractivity contribution in [2.75, 3.05) is 0 Å². The molecule has 2 rings (SSSR count). The molecule has 0 radical (unpaired) electrons. The second-order valence-electron chi connectivity index (χ2n) is 6.08. The lowest BCUT2D eigenvalue weighted by atomic mass is 10.0. The van der Waals surface area contributed by atoms with Gasteiger partial charge in [0.05, 0.1) is 8.07 Å². The van der Waals surface area contributed by atoms with Gasteiger partial charge in [-0.05, 0) is 23.1 Å². The third kappa shape index (κ3) is 3.65. The Morgan fingerprint density at radius 1 is 0.714 bits per heavy atom. The second-order valence-corrected chi connectivity index (χ2v) is 11.6. The van der Waals surface area contributed by atoms with Crippen LogP contribution in [-0.2, 0) is 6.42 Å². The van der Waals surface area contributed by atoms with E-state index in [9.17, 15) is 0 Å². The molecule has 0 bridgehead atoms. The standard InChI is InChI=1S/C20H28Si/c1-4-21(5-2,6-3)20(19-15-11-8-12-16-19)17-18-13-9-7-10-14-18/h7-16,20H,4-6,17H2,1-3H3. The van der Waals surface area contributed by atoms with Gasteiger partial charge in [-0.1, -0.05) is 99.6 Å². The molecule has 0 aromatic heterocycles. The summed E-state index contributed by atoms with van der Waals surface area (Å²) in [5.41, 5.74) is 3.78. The number of benzene rings is 2. The largest absolute Gasteiger partial charge is 0.0677 e. The van der Waals surface area contributed by atoms with E-state index in [-0.39, 0.29) is 0 Å². The molecule has 112 valence electrons. The molecule has 1 heteroatoms. The SMILES string of the molecule is CC[Si](CC)(CC)C(Cc1ccccc1)c1ccccc1. The van der Waals surface area contributed by atoms with Crippen LogP contribution in [0.4, 0.5) is 0 Å². The maximum absolute atomic E-state index is 2.42. The van der Waals surface area contributed by atoms with Crippen LogP contribution in [0.2, 0.25) is 18.1 Å². The minimum absolute atomic E-state index is 0.737. The van der Waals surface area contributed by atoms with Crippen molar-refractivity contribution in [3.05, 3.63) is 71.8 Å². The van der Waals surface area contributed by atoms with Gasteiger partial charge < -0.3 is 0 Å². The lowest BCUT2D eigenvalue weighted by Crippen LogP contribution is -2.41. The Kier molecular flexibility index (Phi) is 5.81. The van der Waals surface area contributed by atoms with Crippen molar-refractivity contribution in [2.45, 2.75) is 50.9 Å². The van der Waals surface area contributed by atoms with Crippen LogP contribution in [-0.4, -0.2) is 8.07 Å². The summed E-state index contributed by atoms with van der Waals surface area (Å²) in [6.07, 6.45) is 1.20. The van der Waals surface area contributed by atoms with Crippen molar-refractivity contribution < 1.29 is 0 Å². The zero-order valence-corrected chi connectivity index (χ0v) is 14.7. The van der Waals surface area contributed by atoms with Gasteiger partial charge in [0, 0.05) is 0 Å². The highest BCUT2D eigenvalue weighted by Crippen LogP contribution is 2.38. The maximum atomic E-state index is 2.42. The van der Waals surface area contributed by atoms with E-state index in [2.05, 4.69) is 81.4 Å². The Hall–Kier alpha value is -1.34. The average molecular weight is 297 g/mol. The van der Waals surface area contributed by atoms with Crippen LogP contribution in [0.1, 0.15) is 37.4 Å². The molecule has 2 aromatic carbocycles. The van der Waals surface area contributed by atoms with Gasteiger partial charge in [0.15, 0.2) is 0 Å². The normalized spacial score (nSPS) is 13.1. The monoisotopic (exact) mass is 296 g/mol. The topological polar surface area (TPSA) is 0 Å². The van der Waals surface area contributed by atoms with Crippen LogP contribution in [0.15, 0.2) is 60.7 Å². The summed E-state index contributed by atoms with van der Waals surface area (Å²) in [6.45, 7) is 7.25. The van der Waals surface area contributed by atoms with E-state index in [0.717, 1.165) is 5.54 Å². The van der Waals surface area contributed by atoms with E-state index in [1.54, 1.807) is 5.56 Å². The van der Waals surface area contributed by atoms with Crippen molar-refractivity contribution in [3.63, 3.8) is 0 Å². The van der Waals surface area contributed by atoms with Crippen molar-refractivity contribution in [1.29, 1.82) is 0 Å². The van der Waals surface area contributed by atoms with Gasteiger partial charge in [0.2, 0.25) is 0 Å². The molecule has 0 aliphatic carbocycles. The van der Waals surface area contributed by atoms with E-state index >= 15 is 0 Å². The van der Waals surface area contributed by atoms with Gasteiger partial charge in [-0.3, -0.25) is 0 Å². The third-order valence-electron chi connectivity index (χ3n) is 5.34.